The lowest BCUT2D eigenvalue weighted by atomic mass is 10.00. The van der Waals surface area contributed by atoms with Crippen LogP contribution in [0.1, 0.15) is 118 Å². The number of aliphatic carboxylic acids is 2. The van der Waals surface area contributed by atoms with Gasteiger partial charge in [-0.2, -0.15) is 24.4 Å². The van der Waals surface area contributed by atoms with Crippen LogP contribution in [0.2, 0.25) is 0 Å². The van der Waals surface area contributed by atoms with Crippen molar-refractivity contribution < 1.29 is 92.0 Å². The van der Waals surface area contributed by atoms with Gasteiger partial charge in [-0.1, -0.05) is 53.7 Å². The second kappa shape index (κ2) is 43.4. The first kappa shape index (κ1) is 87.7. The lowest BCUT2D eigenvalue weighted by Crippen LogP contribution is -2.61. The van der Waals surface area contributed by atoms with E-state index in [1.165, 1.54) is 68.7 Å². The van der Waals surface area contributed by atoms with Crippen molar-refractivity contribution in [1.82, 2.24) is 68.3 Å². The molecule has 0 bridgehead atoms. The zero-order valence-electron chi connectivity index (χ0n) is 59.1. The van der Waals surface area contributed by atoms with Crippen LogP contribution in [-0.2, 0) is 83.1 Å². The maximum atomic E-state index is 14.2. The van der Waals surface area contributed by atoms with Crippen LogP contribution in [0, 0.1) is 17.8 Å². The number of amides is 14. The molecular formula is C64H102N18O19S2. The van der Waals surface area contributed by atoms with Gasteiger partial charge in [0.1, 0.15) is 72.2 Å². The number of phenolic OH excluding ortho intramolecular Hbond substituents is 1. The van der Waals surface area contributed by atoms with Crippen LogP contribution in [-0.4, -0.2) is 249 Å². The van der Waals surface area contributed by atoms with Crippen LogP contribution >= 0.6 is 24.4 Å². The van der Waals surface area contributed by atoms with Gasteiger partial charge in [-0.05, 0) is 106 Å². The summed E-state index contributed by atoms with van der Waals surface area (Å²) in [4.78, 5) is 220. The molecule has 3 rings (SSSR count). The van der Waals surface area contributed by atoms with E-state index in [1.807, 2.05) is 6.26 Å². The number of rotatable bonds is 43. The first-order valence-electron chi connectivity index (χ1n) is 33.7. The van der Waals surface area contributed by atoms with E-state index in [1.54, 1.807) is 25.6 Å². The number of thioether (sulfide) groups is 1. The van der Waals surface area contributed by atoms with Gasteiger partial charge >= 0.3 is 11.9 Å². The third-order valence-electron chi connectivity index (χ3n) is 16.5. The maximum Gasteiger partial charge on any atom is 0.326 e. The smallest absolute Gasteiger partial charge is 0.326 e. The van der Waals surface area contributed by atoms with Crippen LogP contribution in [0.15, 0.2) is 29.3 Å². The van der Waals surface area contributed by atoms with Gasteiger partial charge < -0.3 is 107 Å². The highest BCUT2D eigenvalue weighted by molar-refractivity contribution is 7.98. The third-order valence-corrected chi connectivity index (χ3v) is 17.5. The van der Waals surface area contributed by atoms with Gasteiger partial charge in [0, 0.05) is 31.8 Å². The minimum absolute atomic E-state index is 0.0258. The van der Waals surface area contributed by atoms with Crippen molar-refractivity contribution in [2.75, 3.05) is 50.5 Å². The molecule has 37 nitrogen and oxygen atoms in total. The topological polar surface area (TPSA) is 589 Å². The van der Waals surface area contributed by atoms with E-state index in [-0.39, 0.29) is 68.7 Å². The van der Waals surface area contributed by atoms with E-state index in [9.17, 15) is 92.0 Å². The van der Waals surface area contributed by atoms with Crippen LogP contribution in [0.3, 0.4) is 0 Å². The first-order chi connectivity index (χ1) is 48.4. The van der Waals surface area contributed by atoms with Gasteiger partial charge in [-0.15, -0.1) is 0 Å². The lowest BCUT2D eigenvalue weighted by molar-refractivity contribution is -0.147. The molecule has 2 fully saturated rings. The highest BCUT2D eigenvalue weighted by Gasteiger charge is 2.44. The molecule has 14 amide bonds. The van der Waals surface area contributed by atoms with E-state index in [0.717, 1.165) is 0 Å². The molecule has 2 aliphatic heterocycles. The number of carboxylic acid groups (broad SMARTS) is 2. The molecule has 2 saturated heterocycles. The predicted octanol–water partition coefficient (Wildman–Crippen LogP) is -5.61. The number of aromatic hydroxyl groups is 1. The van der Waals surface area contributed by atoms with Gasteiger partial charge in [0.05, 0.1) is 32.0 Å². The average molecular weight is 1490 g/mol. The number of nitrogens with two attached hydrogens (primary N) is 4. The van der Waals surface area contributed by atoms with Gasteiger partial charge in [0.15, 0.2) is 5.96 Å². The zero-order valence-corrected chi connectivity index (χ0v) is 60.8. The lowest BCUT2D eigenvalue weighted by Gasteiger charge is -2.33. The summed E-state index contributed by atoms with van der Waals surface area (Å²) in [6.07, 6.45) is 2.08. The summed E-state index contributed by atoms with van der Waals surface area (Å²) in [6, 6.07) is -10.9. The molecule has 1 aromatic rings. The molecule has 2 heterocycles. The van der Waals surface area contributed by atoms with Crippen LogP contribution in [0.25, 0.3) is 0 Å². The zero-order chi connectivity index (χ0) is 77.5. The average Bonchev–Trinajstić information content (AvgIpc) is 1.68. The Balaban J connectivity index is 1.71. The Bertz CT molecular complexity index is 3210. The Labute approximate surface area is 606 Å². The number of hydrogen-bond donors (Lipinski definition) is 19. The van der Waals surface area contributed by atoms with Gasteiger partial charge in [0.2, 0.25) is 82.7 Å². The molecular weight excluding hydrogens is 1390 g/mol. The highest BCUT2D eigenvalue weighted by atomic mass is 32.2. The molecule has 39 heteroatoms. The summed E-state index contributed by atoms with van der Waals surface area (Å²) in [6.45, 7) is 9.85. The molecule has 1 aromatic carbocycles. The molecule has 0 aromatic heterocycles. The molecule has 0 radical (unpaired) electrons. The number of hydrogen-bond acceptors (Lipinski definition) is 21. The monoisotopic (exact) mass is 1490 g/mol. The number of thiol groups is 1. The van der Waals surface area contributed by atoms with Gasteiger partial charge in [0.25, 0.3) is 0 Å². The number of phenols is 1. The van der Waals surface area contributed by atoms with Gasteiger partial charge in [-0.3, -0.25) is 76.9 Å². The fraction of sp³-hybridized carbons (Fsp3) is 0.641. The molecule has 574 valence electrons. The molecule has 0 aliphatic carbocycles. The fourth-order valence-electron chi connectivity index (χ4n) is 11.0. The minimum Gasteiger partial charge on any atom is -0.508 e. The van der Waals surface area contributed by atoms with Crippen LogP contribution in [0.4, 0.5) is 0 Å². The Hall–Kier alpha value is -9.53. The maximum absolute atomic E-state index is 14.2. The Morgan fingerprint density at radius 1 is 0.583 bits per heavy atom. The van der Waals surface area contributed by atoms with Crippen molar-refractivity contribution in [1.29, 1.82) is 0 Å². The number of aliphatic imine (C=N–C) groups is 1. The summed E-state index contributed by atoms with van der Waals surface area (Å²) in [5.74, 6) is -17.3. The van der Waals surface area contributed by atoms with E-state index < -0.39 is 205 Å². The number of guanidine groups is 1. The molecule has 22 N–H and O–H groups in total. The Morgan fingerprint density at radius 2 is 1.10 bits per heavy atom. The number of carboxylic acids is 2. The summed E-state index contributed by atoms with van der Waals surface area (Å²) in [5, 5.41) is 55.7. The van der Waals surface area contributed by atoms with Crippen molar-refractivity contribution in [3.8, 4) is 5.75 Å². The van der Waals surface area contributed by atoms with Crippen molar-refractivity contribution >= 4 is 125 Å². The number of primary amides is 1. The standard InChI is InChI=1S/C64H102N18O19S2/c1-31(2)24-39(75-58(95)44-13-10-21-81(44)62(99)45-14-11-22-82(45)61(98)37(65)19-23-103-8)55(92)73-38(12-9-20-69-64(67)68)53(90)70-28-47(85)72-34(7)52(89)78-43(30-102)57(94)74-41(27-49(87)88)56(93)80-51(33(5)6)60(97)76-40(25-35-15-17-36(83)18-16-35)54(91)71-29-48(86)79-50(32(3)4)59(96)77-42(63(100)101)26-46(66)84/h15-18,31-34,37-45,50-51,83,102H,9-14,19-30,65H2,1-8H3,(H2,66,84)(H,70,90)(H,71,91)(H,72,85)(H,73,92)(H,74,94)(H,75,95)(H,76,97)(H,77,96)(H,78,89)(H,79,86)(H,80,93)(H,87,88)(H,100,101)(H4,67,68,69)/t34-,37-,38-,39-,40-,41-,42-,43-,44-,45-,50-,51-/m0/s1. The van der Waals surface area contributed by atoms with Crippen molar-refractivity contribution in [2.45, 2.75) is 192 Å². The number of nitrogens with one attached hydrogen (secondary N) is 11. The molecule has 0 unspecified atom stereocenters. The van der Waals surface area contributed by atoms with Gasteiger partial charge in [-0.25, -0.2) is 4.79 Å². The largest absolute Gasteiger partial charge is 0.508 e. The van der Waals surface area contributed by atoms with Crippen molar-refractivity contribution in [3.63, 3.8) is 0 Å². The summed E-state index contributed by atoms with van der Waals surface area (Å²) in [5.41, 5.74) is 22.7. The number of likely N-dealkylation sites (tertiary alicyclic amines) is 2. The van der Waals surface area contributed by atoms with Crippen molar-refractivity contribution in [2.24, 2.45) is 45.7 Å². The first-order valence-corrected chi connectivity index (χ1v) is 35.7. The fourth-order valence-corrected chi connectivity index (χ4v) is 11.8. The molecule has 103 heavy (non-hydrogen) atoms. The Kier molecular flexibility index (Phi) is 37.0. The SMILES string of the molecule is CSCC[C@H](N)C(=O)N1CCC[C@H]1C(=O)N1CCC[C@H]1C(=O)N[C@@H](CC(C)C)C(=O)N[C@@H](CCCN=C(N)N)C(=O)NCC(=O)N[C@@H](C)C(=O)N[C@@H](CS)C(=O)N[C@@H](CC(=O)O)C(=O)N[C@H](C(=O)N[C@@H](Cc1ccc(O)cc1)C(=O)NCC(=O)N[C@H](C(=O)N[C@@H](CC(N)=O)C(=O)O)C(C)C)C(C)C. The van der Waals surface area contributed by atoms with Crippen molar-refractivity contribution in [3.05, 3.63) is 29.8 Å². The quantitative estimate of drug-likeness (QED) is 0.0125. The summed E-state index contributed by atoms with van der Waals surface area (Å²) < 4.78 is 0. The van der Waals surface area contributed by atoms with E-state index in [2.05, 4.69) is 76.1 Å². The summed E-state index contributed by atoms with van der Waals surface area (Å²) >= 11 is 5.69. The second-order valence-corrected chi connectivity index (χ2v) is 27.5. The molecule has 2 aliphatic rings. The van der Waals surface area contributed by atoms with E-state index >= 15 is 0 Å². The minimum atomic E-state index is -1.93. The number of carbonyl (C=O) groups excluding carboxylic acids is 14. The molecule has 0 saturated carbocycles. The summed E-state index contributed by atoms with van der Waals surface area (Å²) in [7, 11) is 0. The molecule has 12 atom stereocenters. The second-order valence-electron chi connectivity index (χ2n) is 26.1. The van der Waals surface area contributed by atoms with Crippen LogP contribution in [0.5, 0.6) is 5.75 Å². The number of carbonyl (C=O) groups is 16. The number of benzene rings is 1. The van der Waals surface area contributed by atoms with Crippen LogP contribution < -0.4 is 81.4 Å². The third kappa shape index (κ3) is 29.8. The number of nitrogens with zero attached hydrogens (tertiary/aromatic N) is 3. The van der Waals surface area contributed by atoms with E-state index in [4.69, 9.17) is 22.9 Å². The van der Waals surface area contributed by atoms with E-state index in [0.29, 0.717) is 43.5 Å². The predicted molar refractivity (Wildman–Crippen MR) is 378 cm³/mol. The normalized spacial score (nSPS) is 17.0. The highest BCUT2D eigenvalue weighted by Crippen LogP contribution is 2.27. The molecule has 0 spiro atoms. The Morgan fingerprint density at radius 3 is 1.64 bits per heavy atom.